The number of ether oxygens (including phenoxy) is 1. The number of carbonyl (C=O) groups excluding carboxylic acids is 1. The highest BCUT2D eigenvalue weighted by molar-refractivity contribution is 6.09. The lowest BCUT2D eigenvalue weighted by molar-refractivity contribution is 0.0735. The lowest BCUT2D eigenvalue weighted by Gasteiger charge is -2.09. The van der Waals surface area contributed by atoms with Crippen LogP contribution in [0.2, 0.25) is 0 Å². The molecule has 0 radical (unpaired) electrons. The minimum atomic E-state index is -0.407. The number of esters is 1. The standard InChI is InChI=1S/C29H27NO2/c1-2-3-4-5-6-7-21-10-16-27-23(18-21)11-12-24-19-25(13-17-28(24)27)29(31)32-26-14-8-22(20-30)9-15-26/h8-19H,2-7H2,1H3. The predicted molar refractivity (Wildman–Crippen MR) is 130 cm³/mol. The van der Waals surface area contributed by atoms with E-state index >= 15 is 0 Å². The van der Waals surface area contributed by atoms with Gasteiger partial charge in [-0.2, -0.15) is 5.26 Å². The molecule has 0 aliphatic rings. The molecule has 0 N–H and O–H groups in total. The Hall–Kier alpha value is -3.64. The first-order valence-corrected chi connectivity index (χ1v) is 11.4. The fraction of sp³-hybridized carbons (Fsp3) is 0.241. The molecule has 0 saturated heterocycles. The molecule has 0 amide bonds. The molecule has 4 aromatic carbocycles. The number of hydrogen-bond donors (Lipinski definition) is 0. The molecule has 0 saturated carbocycles. The van der Waals surface area contributed by atoms with Gasteiger partial charge in [-0.25, -0.2) is 4.79 Å². The Morgan fingerprint density at radius 3 is 2.22 bits per heavy atom. The molecule has 0 bridgehead atoms. The Morgan fingerprint density at radius 1 is 0.812 bits per heavy atom. The number of nitriles is 1. The SMILES string of the molecule is CCCCCCCc1ccc2c(ccc3cc(C(=O)Oc4ccc(C#N)cc4)ccc32)c1. The predicted octanol–water partition coefficient (Wildman–Crippen LogP) is 7.60. The fourth-order valence-corrected chi connectivity index (χ4v) is 4.10. The topological polar surface area (TPSA) is 50.1 Å². The third-order valence-corrected chi connectivity index (χ3v) is 5.90. The van der Waals surface area contributed by atoms with Crippen molar-refractivity contribution >= 4 is 27.5 Å². The number of aryl methyl sites for hydroxylation is 1. The number of rotatable bonds is 8. The maximum Gasteiger partial charge on any atom is 0.343 e. The minimum Gasteiger partial charge on any atom is -0.423 e. The summed E-state index contributed by atoms with van der Waals surface area (Å²) in [6.45, 7) is 2.24. The van der Waals surface area contributed by atoms with Crippen molar-refractivity contribution in [3.8, 4) is 11.8 Å². The molecule has 0 atom stereocenters. The van der Waals surface area contributed by atoms with Gasteiger partial charge >= 0.3 is 5.97 Å². The van der Waals surface area contributed by atoms with Gasteiger partial charge in [-0.3, -0.25) is 0 Å². The van der Waals surface area contributed by atoms with Crippen molar-refractivity contribution in [1.82, 2.24) is 0 Å². The zero-order valence-corrected chi connectivity index (χ0v) is 18.4. The van der Waals surface area contributed by atoms with Crippen LogP contribution in [0.3, 0.4) is 0 Å². The van der Waals surface area contributed by atoms with Gasteiger partial charge in [-0.15, -0.1) is 0 Å². The van der Waals surface area contributed by atoms with Crippen LogP contribution in [0.1, 0.15) is 60.5 Å². The second-order valence-electron chi connectivity index (χ2n) is 8.25. The normalized spacial score (nSPS) is 10.9. The number of carbonyl (C=O) groups is 1. The van der Waals surface area contributed by atoms with Gasteiger partial charge in [-0.05, 0) is 76.3 Å². The van der Waals surface area contributed by atoms with Crippen LogP contribution in [-0.2, 0) is 6.42 Å². The highest BCUT2D eigenvalue weighted by Gasteiger charge is 2.11. The van der Waals surface area contributed by atoms with Crippen LogP contribution in [0.4, 0.5) is 0 Å². The van der Waals surface area contributed by atoms with E-state index in [2.05, 4.69) is 43.3 Å². The summed E-state index contributed by atoms with van der Waals surface area (Å²) in [5.74, 6) is 0.0185. The van der Waals surface area contributed by atoms with Gasteiger partial charge in [0, 0.05) is 0 Å². The number of fused-ring (bicyclic) bond motifs is 3. The van der Waals surface area contributed by atoms with Gasteiger partial charge < -0.3 is 4.74 Å². The third-order valence-electron chi connectivity index (χ3n) is 5.90. The average Bonchev–Trinajstić information content (AvgIpc) is 2.83. The van der Waals surface area contributed by atoms with Crippen LogP contribution >= 0.6 is 0 Å². The minimum absolute atomic E-state index is 0.407. The molecule has 0 unspecified atom stereocenters. The summed E-state index contributed by atoms with van der Waals surface area (Å²) in [5, 5.41) is 13.5. The maximum atomic E-state index is 12.6. The van der Waals surface area contributed by atoms with Crippen molar-refractivity contribution in [3.63, 3.8) is 0 Å². The molecule has 0 aliphatic heterocycles. The first-order chi connectivity index (χ1) is 15.7. The van der Waals surface area contributed by atoms with Crippen molar-refractivity contribution < 1.29 is 9.53 Å². The van der Waals surface area contributed by atoms with E-state index in [0.717, 1.165) is 17.2 Å². The smallest absolute Gasteiger partial charge is 0.343 e. The molecule has 4 rings (SSSR count). The van der Waals surface area contributed by atoms with Crippen molar-refractivity contribution in [1.29, 1.82) is 5.26 Å². The summed E-state index contributed by atoms with van der Waals surface area (Å²) in [6.07, 6.45) is 7.59. The van der Waals surface area contributed by atoms with Crippen LogP contribution in [0.15, 0.2) is 72.8 Å². The lowest BCUT2D eigenvalue weighted by atomic mass is 9.97. The Kier molecular flexibility index (Phi) is 6.82. The first-order valence-electron chi connectivity index (χ1n) is 11.4. The molecular weight excluding hydrogens is 394 g/mol. The van der Waals surface area contributed by atoms with Crippen molar-refractivity contribution in [3.05, 3.63) is 89.5 Å². The molecule has 3 heteroatoms. The molecule has 4 aromatic rings. The van der Waals surface area contributed by atoms with Crippen LogP contribution in [-0.4, -0.2) is 5.97 Å². The second kappa shape index (κ2) is 10.1. The lowest BCUT2D eigenvalue weighted by Crippen LogP contribution is -2.08. The quantitative estimate of drug-likeness (QED) is 0.127. The van der Waals surface area contributed by atoms with Gasteiger partial charge in [-0.1, -0.05) is 69.0 Å². The van der Waals surface area contributed by atoms with Crippen LogP contribution in [0, 0.1) is 11.3 Å². The second-order valence-corrected chi connectivity index (χ2v) is 8.25. The van der Waals surface area contributed by atoms with Gasteiger partial charge in [0.25, 0.3) is 0 Å². The van der Waals surface area contributed by atoms with Gasteiger partial charge in [0.1, 0.15) is 5.75 Å². The van der Waals surface area contributed by atoms with Crippen LogP contribution in [0.25, 0.3) is 21.5 Å². The van der Waals surface area contributed by atoms with Gasteiger partial charge in [0.2, 0.25) is 0 Å². The summed E-state index contributed by atoms with van der Waals surface area (Å²) >= 11 is 0. The van der Waals surface area contributed by atoms with Crippen molar-refractivity contribution in [2.75, 3.05) is 0 Å². The molecule has 0 aromatic heterocycles. The maximum absolute atomic E-state index is 12.6. The van der Waals surface area contributed by atoms with E-state index in [-0.39, 0.29) is 0 Å². The summed E-state index contributed by atoms with van der Waals surface area (Å²) in [4.78, 5) is 12.6. The van der Waals surface area contributed by atoms with Gasteiger partial charge in [0.15, 0.2) is 0 Å². The zero-order chi connectivity index (χ0) is 22.3. The van der Waals surface area contributed by atoms with E-state index in [1.54, 1.807) is 24.3 Å². The van der Waals surface area contributed by atoms with Crippen molar-refractivity contribution in [2.24, 2.45) is 0 Å². The summed E-state index contributed by atoms with van der Waals surface area (Å²) < 4.78 is 5.47. The molecule has 160 valence electrons. The van der Waals surface area contributed by atoms with E-state index in [4.69, 9.17) is 10.00 Å². The first kappa shape index (κ1) is 21.6. The Morgan fingerprint density at radius 2 is 1.50 bits per heavy atom. The van der Waals surface area contributed by atoms with Crippen LogP contribution < -0.4 is 4.74 Å². The molecule has 0 aliphatic carbocycles. The average molecular weight is 422 g/mol. The molecule has 0 spiro atoms. The van der Waals surface area contributed by atoms with E-state index < -0.39 is 5.97 Å². The molecule has 32 heavy (non-hydrogen) atoms. The number of nitrogens with zero attached hydrogens (tertiary/aromatic N) is 1. The Labute approximate surface area is 189 Å². The van der Waals surface area contributed by atoms with Crippen molar-refractivity contribution in [2.45, 2.75) is 45.4 Å². The molecule has 0 heterocycles. The molecule has 0 fully saturated rings. The van der Waals surface area contributed by atoms with Gasteiger partial charge in [0.05, 0.1) is 17.2 Å². The van der Waals surface area contributed by atoms with E-state index in [1.165, 1.54) is 48.4 Å². The van der Waals surface area contributed by atoms with E-state index in [9.17, 15) is 4.79 Å². The third kappa shape index (κ3) is 4.98. The van der Waals surface area contributed by atoms with Crippen LogP contribution in [0.5, 0.6) is 5.75 Å². The zero-order valence-electron chi connectivity index (χ0n) is 18.4. The van der Waals surface area contributed by atoms with E-state index in [0.29, 0.717) is 16.9 Å². The Bertz CT molecular complexity index is 1280. The highest BCUT2D eigenvalue weighted by Crippen LogP contribution is 2.28. The fourth-order valence-electron chi connectivity index (χ4n) is 4.10. The highest BCUT2D eigenvalue weighted by atomic mass is 16.5. The van der Waals surface area contributed by atoms with E-state index in [1.807, 2.05) is 18.2 Å². The largest absolute Gasteiger partial charge is 0.423 e. The number of hydrogen-bond acceptors (Lipinski definition) is 3. The molecule has 3 nitrogen and oxygen atoms in total. The summed E-state index contributed by atoms with van der Waals surface area (Å²) in [7, 11) is 0. The molecular formula is C29H27NO2. The number of unbranched alkanes of at least 4 members (excludes halogenated alkanes) is 4. The summed E-state index contributed by atoms with van der Waals surface area (Å²) in [5.41, 5.74) is 2.42. The Balaban J connectivity index is 1.51. The monoisotopic (exact) mass is 421 g/mol. The summed E-state index contributed by atoms with van der Waals surface area (Å²) in [6, 6.07) is 25.2. The number of benzene rings is 4.